The average molecular weight is 554 g/mol. The van der Waals surface area contributed by atoms with Gasteiger partial charge in [-0.1, -0.05) is 12.1 Å². The van der Waals surface area contributed by atoms with Crippen LogP contribution < -0.4 is 20.7 Å². The van der Waals surface area contributed by atoms with Crippen molar-refractivity contribution in [1.82, 2.24) is 10.6 Å². The number of nitrogens with one attached hydrogen (secondary N) is 3. The van der Waals surface area contributed by atoms with Crippen LogP contribution in [0.15, 0.2) is 47.5 Å². The molecule has 0 aliphatic carbocycles. The Labute approximate surface area is 194 Å². The Morgan fingerprint density at radius 3 is 2.52 bits per heavy atom. The van der Waals surface area contributed by atoms with Gasteiger partial charge in [0.05, 0.1) is 12.1 Å². The van der Waals surface area contributed by atoms with Crippen LogP contribution in [0.25, 0.3) is 0 Å². The number of benzene rings is 2. The van der Waals surface area contributed by atoms with Gasteiger partial charge in [-0.15, -0.1) is 24.0 Å². The third kappa shape index (κ3) is 8.99. The largest absolute Gasteiger partial charge is 0.492 e. The minimum absolute atomic E-state index is 0. The summed E-state index contributed by atoms with van der Waals surface area (Å²) in [5.74, 6) is -0.331. The highest BCUT2D eigenvalue weighted by molar-refractivity contribution is 14.0. The third-order valence-electron chi connectivity index (χ3n) is 3.86. The predicted octanol–water partition coefficient (Wildman–Crippen LogP) is 4.16. The first-order chi connectivity index (χ1) is 14.2. The zero-order valence-corrected chi connectivity index (χ0v) is 19.2. The number of ether oxygens (including phenoxy) is 1. The number of hydrogen-bond acceptors (Lipinski definition) is 3. The molecule has 2 aromatic carbocycles. The van der Waals surface area contributed by atoms with E-state index in [1.807, 2.05) is 0 Å². The molecule has 0 unspecified atom stereocenters. The summed E-state index contributed by atoms with van der Waals surface area (Å²) in [5, 5.41) is 8.32. The molecule has 3 N–H and O–H groups in total. The van der Waals surface area contributed by atoms with Crippen LogP contribution >= 0.6 is 24.0 Å². The zero-order chi connectivity index (χ0) is 22.1. The van der Waals surface area contributed by atoms with Crippen LogP contribution in [0.4, 0.5) is 23.2 Å². The fourth-order valence-electron chi connectivity index (χ4n) is 2.57. The van der Waals surface area contributed by atoms with E-state index in [1.165, 1.54) is 14.0 Å². The maximum Gasteiger partial charge on any atom is 0.416 e. The van der Waals surface area contributed by atoms with Crippen LogP contribution in [0, 0.1) is 5.82 Å². The molecule has 0 aliphatic heterocycles. The van der Waals surface area contributed by atoms with E-state index in [9.17, 15) is 22.4 Å². The van der Waals surface area contributed by atoms with Gasteiger partial charge in [-0.25, -0.2) is 4.39 Å². The molecule has 0 spiro atoms. The van der Waals surface area contributed by atoms with Crippen molar-refractivity contribution >= 4 is 41.5 Å². The summed E-state index contributed by atoms with van der Waals surface area (Å²) in [6.45, 7) is 1.78. The molecular formula is C20H23F4IN4O2. The molecule has 2 aromatic rings. The lowest BCUT2D eigenvalue weighted by atomic mass is 10.1. The highest BCUT2D eigenvalue weighted by Crippen LogP contribution is 2.32. The Balaban J connectivity index is 0.00000480. The standard InChI is InChI=1S/C20H22F4N4O2.HI/c1-13(29)28-16-4-3-5-17(11-16)30-9-8-26-19(25-2)27-12-14-6-7-15(21)10-18(14)20(22,23)24;/h3-7,10-11H,8-9,12H2,1-2H3,(H,28,29)(H2,25,26,27);1H. The molecule has 2 rings (SSSR count). The zero-order valence-electron chi connectivity index (χ0n) is 16.8. The van der Waals surface area contributed by atoms with Gasteiger partial charge < -0.3 is 20.7 Å². The number of anilines is 1. The minimum atomic E-state index is -4.66. The first kappa shape index (κ1) is 26.5. The van der Waals surface area contributed by atoms with Crippen molar-refractivity contribution in [2.75, 3.05) is 25.5 Å². The molecule has 31 heavy (non-hydrogen) atoms. The topological polar surface area (TPSA) is 74.8 Å². The van der Waals surface area contributed by atoms with Crippen molar-refractivity contribution in [1.29, 1.82) is 0 Å². The lowest BCUT2D eigenvalue weighted by Crippen LogP contribution is -2.39. The van der Waals surface area contributed by atoms with E-state index in [-0.39, 0.29) is 54.6 Å². The maximum absolute atomic E-state index is 13.2. The van der Waals surface area contributed by atoms with E-state index in [4.69, 9.17) is 4.74 Å². The molecule has 170 valence electrons. The van der Waals surface area contributed by atoms with Gasteiger partial charge in [0.2, 0.25) is 5.91 Å². The summed E-state index contributed by atoms with van der Waals surface area (Å²) in [6.07, 6.45) is -4.66. The van der Waals surface area contributed by atoms with Crippen molar-refractivity contribution in [2.24, 2.45) is 4.99 Å². The fourth-order valence-corrected chi connectivity index (χ4v) is 2.57. The van der Waals surface area contributed by atoms with E-state index in [1.54, 1.807) is 24.3 Å². The summed E-state index contributed by atoms with van der Waals surface area (Å²) in [4.78, 5) is 15.0. The Morgan fingerprint density at radius 1 is 1.13 bits per heavy atom. The Morgan fingerprint density at radius 2 is 1.87 bits per heavy atom. The summed E-state index contributed by atoms with van der Waals surface area (Å²) in [7, 11) is 1.47. The van der Waals surface area contributed by atoms with E-state index < -0.39 is 17.6 Å². The van der Waals surface area contributed by atoms with Gasteiger partial charge in [-0.2, -0.15) is 13.2 Å². The van der Waals surface area contributed by atoms with E-state index in [2.05, 4.69) is 20.9 Å². The second-order valence-corrected chi connectivity index (χ2v) is 6.21. The summed E-state index contributed by atoms with van der Waals surface area (Å²) < 4.78 is 57.9. The van der Waals surface area contributed by atoms with Gasteiger partial charge in [0.15, 0.2) is 5.96 Å². The van der Waals surface area contributed by atoms with E-state index in [0.29, 0.717) is 24.0 Å². The van der Waals surface area contributed by atoms with E-state index in [0.717, 1.165) is 12.1 Å². The molecule has 0 atom stereocenters. The monoisotopic (exact) mass is 554 g/mol. The molecule has 0 fully saturated rings. The smallest absolute Gasteiger partial charge is 0.416 e. The number of carbonyl (C=O) groups excluding carboxylic acids is 1. The van der Waals surface area contributed by atoms with Gasteiger partial charge >= 0.3 is 6.18 Å². The van der Waals surface area contributed by atoms with Gasteiger partial charge in [-0.05, 0) is 29.8 Å². The van der Waals surface area contributed by atoms with Crippen LogP contribution in [0.1, 0.15) is 18.1 Å². The molecule has 0 radical (unpaired) electrons. The molecule has 0 bridgehead atoms. The number of nitrogens with zero attached hydrogens (tertiary/aromatic N) is 1. The summed E-state index contributed by atoms with van der Waals surface area (Å²) in [6, 6.07) is 9.39. The Bertz CT molecular complexity index is 907. The number of halogens is 5. The van der Waals surface area contributed by atoms with Gasteiger partial charge in [-0.3, -0.25) is 9.79 Å². The molecule has 0 heterocycles. The number of alkyl halides is 3. The number of aliphatic imine (C=N–C) groups is 1. The molecule has 6 nitrogen and oxygen atoms in total. The van der Waals surface area contributed by atoms with Crippen molar-refractivity contribution in [3.05, 3.63) is 59.4 Å². The molecule has 0 saturated carbocycles. The Hall–Kier alpha value is -2.57. The number of rotatable bonds is 7. The number of hydrogen-bond donors (Lipinski definition) is 3. The van der Waals surface area contributed by atoms with Gasteiger partial charge in [0.1, 0.15) is 18.2 Å². The second-order valence-electron chi connectivity index (χ2n) is 6.21. The number of amides is 1. The van der Waals surface area contributed by atoms with Crippen molar-refractivity contribution in [2.45, 2.75) is 19.6 Å². The molecule has 0 aliphatic rings. The summed E-state index contributed by atoms with van der Waals surface area (Å²) >= 11 is 0. The predicted molar refractivity (Wildman–Crippen MR) is 121 cm³/mol. The van der Waals surface area contributed by atoms with Crippen molar-refractivity contribution in [3.8, 4) is 5.75 Å². The number of carbonyl (C=O) groups is 1. The first-order valence-corrected chi connectivity index (χ1v) is 8.99. The van der Waals surface area contributed by atoms with Crippen LogP contribution in [0.5, 0.6) is 5.75 Å². The molecular weight excluding hydrogens is 531 g/mol. The van der Waals surface area contributed by atoms with Crippen LogP contribution in [-0.2, 0) is 17.5 Å². The highest BCUT2D eigenvalue weighted by Gasteiger charge is 2.33. The van der Waals surface area contributed by atoms with Crippen LogP contribution in [0.2, 0.25) is 0 Å². The SMILES string of the molecule is CN=C(NCCOc1cccc(NC(C)=O)c1)NCc1ccc(F)cc1C(F)(F)F.I. The lowest BCUT2D eigenvalue weighted by molar-refractivity contribution is -0.138. The molecule has 1 amide bonds. The van der Waals surface area contributed by atoms with Gasteiger partial charge in [0.25, 0.3) is 0 Å². The first-order valence-electron chi connectivity index (χ1n) is 8.99. The van der Waals surface area contributed by atoms with Crippen LogP contribution in [0.3, 0.4) is 0 Å². The highest BCUT2D eigenvalue weighted by atomic mass is 127. The third-order valence-corrected chi connectivity index (χ3v) is 3.86. The quantitative estimate of drug-likeness (QED) is 0.158. The maximum atomic E-state index is 13.2. The van der Waals surface area contributed by atoms with Crippen molar-refractivity contribution < 1.29 is 27.1 Å². The van der Waals surface area contributed by atoms with Crippen LogP contribution in [-0.4, -0.2) is 32.1 Å². The minimum Gasteiger partial charge on any atom is -0.492 e. The molecule has 0 aromatic heterocycles. The second kappa shape index (κ2) is 12.3. The summed E-state index contributed by atoms with van der Waals surface area (Å²) in [5.41, 5.74) is -0.532. The van der Waals surface area contributed by atoms with Crippen molar-refractivity contribution in [3.63, 3.8) is 0 Å². The Kier molecular flexibility index (Phi) is 10.5. The number of guanidine groups is 1. The van der Waals surface area contributed by atoms with E-state index >= 15 is 0 Å². The molecule has 11 heteroatoms. The van der Waals surface area contributed by atoms with Gasteiger partial charge in [0, 0.05) is 32.3 Å². The average Bonchev–Trinajstić information content (AvgIpc) is 2.67. The molecule has 0 saturated heterocycles. The lowest BCUT2D eigenvalue weighted by Gasteiger charge is -2.16. The fraction of sp³-hybridized carbons (Fsp3) is 0.300. The normalized spacial score (nSPS) is 11.4.